The van der Waals surface area contributed by atoms with Gasteiger partial charge in [0, 0.05) is 18.5 Å². The van der Waals surface area contributed by atoms with Gasteiger partial charge in [-0.3, -0.25) is 4.79 Å². The Labute approximate surface area is 128 Å². The van der Waals surface area contributed by atoms with Gasteiger partial charge in [0.1, 0.15) is 5.75 Å². The van der Waals surface area contributed by atoms with E-state index in [0.29, 0.717) is 5.92 Å². The highest BCUT2D eigenvalue weighted by atomic mass is 16.5. The number of benzene rings is 1. The molecule has 3 nitrogen and oxygen atoms in total. The highest BCUT2D eigenvalue weighted by Gasteiger charge is 2.30. The first-order chi connectivity index (χ1) is 9.86. The SMILES string of the molecule is Cc1cccc(OCC2CCN(C(=O)C(C)(C)C)CC2)c1. The lowest BCUT2D eigenvalue weighted by molar-refractivity contribution is -0.141. The number of carbonyl (C=O) groups excluding carboxylic acids is 1. The number of nitrogens with zero attached hydrogens (tertiary/aromatic N) is 1. The molecular formula is C18H27NO2. The summed E-state index contributed by atoms with van der Waals surface area (Å²) in [6.07, 6.45) is 2.07. The molecule has 21 heavy (non-hydrogen) atoms. The normalized spacial score (nSPS) is 16.9. The number of rotatable bonds is 3. The number of piperidine rings is 1. The lowest BCUT2D eigenvalue weighted by atomic mass is 9.91. The zero-order valence-electron chi connectivity index (χ0n) is 13.7. The third-order valence-corrected chi connectivity index (χ3v) is 4.02. The van der Waals surface area contributed by atoms with Crippen LogP contribution in [0.3, 0.4) is 0 Å². The van der Waals surface area contributed by atoms with Gasteiger partial charge in [0.25, 0.3) is 0 Å². The van der Waals surface area contributed by atoms with Gasteiger partial charge in [-0.2, -0.15) is 0 Å². The number of carbonyl (C=O) groups is 1. The molecule has 0 radical (unpaired) electrons. The minimum Gasteiger partial charge on any atom is -0.493 e. The summed E-state index contributed by atoms with van der Waals surface area (Å²) >= 11 is 0. The van der Waals surface area contributed by atoms with E-state index in [-0.39, 0.29) is 11.3 Å². The van der Waals surface area contributed by atoms with Gasteiger partial charge in [0.15, 0.2) is 0 Å². The van der Waals surface area contributed by atoms with E-state index in [1.54, 1.807) is 0 Å². The fourth-order valence-electron chi connectivity index (χ4n) is 2.70. The molecule has 1 saturated heterocycles. The van der Waals surface area contributed by atoms with Crippen molar-refractivity contribution in [2.24, 2.45) is 11.3 Å². The standard InChI is InChI=1S/C18H27NO2/c1-14-6-5-7-16(12-14)21-13-15-8-10-19(11-9-15)17(20)18(2,3)4/h5-7,12,15H,8-11,13H2,1-4H3. The van der Waals surface area contributed by atoms with Crippen molar-refractivity contribution in [2.75, 3.05) is 19.7 Å². The van der Waals surface area contributed by atoms with E-state index in [4.69, 9.17) is 4.74 Å². The van der Waals surface area contributed by atoms with E-state index in [2.05, 4.69) is 19.1 Å². The monoisotopic (exact) mass is 289 g/mol. The van der Waals surface area contributed by atoms with Gasteiger partial charge < -0.3 is 9.64 Å². The molecule has 1 fully saturated rings. The average molecular weight is 289 g/mol. The third-order valence-electron chi connectivity index (χ3n) is 4.02. The molecule has 0 spiro atoms. The first-order valence-electron chi connectivity index (χ1n) is 7.85. The van der Waals surface area contributed by atoms with Gasteiger partial charge in [-0.15, -0.1) is 0 Å². The summed E-state index contributed by atoms with van der Waals surface area (Å²) in [5.41, 5.74) is 0.948. The molecule has 0 unspecified atom stereocenters. The molecule has 116 valence electrons. The summed E-state index contributed by atoms with van der Waals surface area (Å²) in [5.74, 6) is 1.76. The quantitative estimate of drug-likeness (QED) is 0.850. The largest absolute Gasteiger partial charge is 0.493 e. The van der Waals surface area contributed by atoms with E-state index in [1.165, 1.54) is 5.56 Å². The number of likely N-dealkylation sites (tertiary alicyclic amines) is 1. The molecule has 2 rings (SSSR count). The Balaban J connectivity index is 1.78. The lowest BCUT2D eigenvalue weighted by Gasteiger charge is -2.35. The van der Waals surface area contributed by atoms with Crippen molar-refractivity contribution in [3.63, 3.8) is 0 Å². The molecule has 1 amide bonds. The van der Waals surface area contributed by atoms with Crippen molar-refractivity contribution >= 4 is 5.91 Å². The summed E-state index contributed by atoms with van der Waals surface area (Å²) < 4.78 is 5.89. The van der Waals surface area contributed by atoms with Crippen LogP contribution in [0, 0.1) is 18.3 Å². The van der Waals surface area contributed by atoms with Crippen molar-refractivity contribution in [1.29, 1.82) is 0 Å². The van der Waals surface area contributed by atoms with Crippen molar-refractivity contribution in [2.45, 2.75) is 40.5 Å². The van der Waals surface area contributed by atoms with Crippen LogP contribution in [0.1, 0.15) is 39.2 Å². The Hall–Kier alpha value is -1.51. The first kappa shape index (κ1) is 15.9. The maximum absolute atomic E-state index is 12.2. The molecule has 0 saturated carbocycles. The molecule has 1 aromatic carbocycles. The second-order valence-corrected chi connectivity index (χ2v) is 7.11. The van der Waals surface area contributed by atoms with Crippen LogP contribution in [0.25, 0.3) is 0 Å². The Morgan fingerprint density at radius 3 is 2.52 bits per heavy atom. The minimum atomic E-state index is -0.273. The summed E-state index contributed by atoms with van der Waals surface area (Å²) in [6.45, 7) is 10.5. The molecule has 0 N–H and O–H groups in total. The smallest absolute Gasteiger partial charge is 0.227 e. The van der Waals surface area contributed by atoms with E-state index in [9.17, 15) is 4.79 Å². The predicted octanol–water partition coefficient (Wildman–Crippen LogP) is 3.66. The number of ether oxygens (including phenoxy) is 1. The molecule has 1 heterocycles. The Bertz CT molecular complexity index is 482. The second-order valence-electron chi connectivity index (χ2n) is 7.11. The van der Waals surface area contributed by atoms with Crippen LogP contribution in [0.15, 0.2) is 24.3 Å². The van der Waals surface area contributed by atoms with Gasteiger partial charge in [-0.05, 0) is 43.4 Å². The fraction of sp³-hybridized carbons (Fsp3) is 0.611. The van der Waals surface area contributed by atoms with E-state index in [1.807, 2.05) is 37.8 Å². The summed E-state index contributed by atoms with van der Waals surface area (Å²) in [4.78, 5) is 14.2. The highest BCUT2D eigenvalue weighted by molar-refractivity contribution is 5.81. The van der Waals surface area contributed by atoms with Gasteiger partial charge in [-0.1, -0.05) is 32.9 Å². The third kappa shape index (κ3) is 4.48. The molecule has 0 atom stereocenters. The van der Waals surface area contributed by atoms with Crippen molar-refractivity contribution in [3.05, 3.63) is 29.8 Å². The summed E-state index contributed by atoms with van der Waals surface area (Å²) in [7, 11) is 0. The number of aryl methyl sites for hydroxylation is 1. The van der Waals surface area contributed by atoms with Crippen molar-refractivity contribution in [3.8, 4) is 5.75 Å². The van der Waals surface area contributed by atoms with Crippen molar-refractivity contribution < 1.29 is 9.53 Å². The van der Waals surface area contributed by atoms with Crippen LogP contribution in [0.2, 0.25) is 0 Å². The zero-order chi connectivity index (χ0) is 15.5. The Morgan fingerprint density at radius 2 is 1.95 bits per heavy atom. The molecule has 0 aromatic heterocycles. The van der Waals surface area contributed by atoms with E-state index in [0.717, 1.165) is 38.3 Å². The number of amides is 1. The topological polar surface area (TPSA) is 29.5 Å². The molecule has 1 aliphatic heterocycles. The second kappa shape index (κ2) is 6.50. The molecule has 0 aliphatic carbocycles. The van der Waals surface area contributed by atoms with Crippen LogP contribution < -0.4 is 4.74 Å². The van der Waals surface area contributed by atoms with Gasteiger partial charge in [-0.25, -0.2) is 0 Å². The van der Waals surface area contributed by atoms with Crippen LogP contribution in [0.5, 0.6) is 5.75 Å². The molecule has 0 bridgehead atoms. The molecule has 1 aliphatic rings. The van der Waals surface area contributed by atoms with E-state index < -0.39 is 0 Å². The Morgan fingerprint density at radius 1 is 1.29 bits per heavy atom. The first-order valence-corrected chi connectivity index (χ1v) is 7.85. The van der Waals surface area contributed by atoms with Gasteiger partial charge >= 0.3 is 0 Å². The summed E-state index contributed by atoms with van der Waals surface area (Å²) in [6, 6.07) is 8.17. The van der Waals surface area contributed by atoms with Gasteiger partial charge in [0.2, 0.25) is 5.91 Å². The lowest BCUT2D eigenvalue weighted by Crippen LogP contribution is -2.44. The average Bonchev–Trinajstić information content (AvgIpc) is 2.44. The van der Waals surface area contributed by atoms with E-state index >= 15 is 0 Å². The molecular weight excluding hydrogens is 262 g/mol. The van der Waals surface area contributed by atoms with Crippen LogP contribution >= 0.6 is 0 Å². The zero-order valence-corrected chi connectivity index (χ0v) is 13.7. The van der Waals surface area contributed by atoms with Crippen LogP contribution in [-0.4, -0.2) is 30.5 Å². The number of hydrogen-bond donors (Lipinski definition) is 0. The highest BCUT2D eigenvalue weighted by Crippen LogP contribution is 2.24. The van der Waals surface area contributed by atoms with Crippen LogP contribution in [-0.2, 0) is 4.79 Å². The minimum absolute atomic E-state index is 0.264. The van der Waals surface area contributed by atoms with Crippen molar-refractivity contribution in [1.82, 2.24) is 4.90 Å². The summed E-state index contributed by atoms with van der Waals surface area (Å²) in [5, 5.41) is 0. The molecule has 3 heteroatoms. The van der Waals surface area contributed by atoms with Crippen LogP contribution in [0.4, 0.5) is 0 Å². The number of hydrogen-bond acceptors (Lipinski definition) is 2. The maximum Gasteiger partial charge on any atom is 0.227 e. The Kier molecular flexibility index (Phi) is 4.92. The van der Waals surface area contributed by atoms with Gasteiger partial charge in [0.05, 0.1) is 6.61 Å². The fourth-order valence-corrected chi connectivity index (χ4v) is 2.70. The maximum atomic E-state index is 12.2. The molecule has 1 aromatic rings. The predicted molar refractivity (Wildman–Crippen MR) is 85.4 cm³/mol.